The van der Waals surface area contributed by atoms with Crippen LogP contribution in [0.1, 0.15) is 17.1 Å². The van der Waals surface area contributed by atoms with Crippen molar-refractivity contribution < 1.29 is 14.7 Å². The summed E-state index contributed by atoms with van der Waals surface area (Å²) in [6.45, 7) is 2.40. The second kappa shape index (κ2) is 6.69. The fourth-order valence-corrected chi connectivity index (χ4v) is 2.53. The lowest BCUT2D eigenvalue weighted by Gasteiger charge is -2.16. The van der Waals surface area contributed by atoms with Crippen molar-refractivity contribution >= 4 is 39.3 Å². The molecule has 0 aliphatic carbocycles. The number of nitrogens with zero attached hydrogens (tertiary/aromatic N) is 2. The monoisotopic (exact) mass is 335 g/mol. The van der Waals surface area contributed by atoms with Crippen molar-refractivity contribution in [1.82, 2.24) is 15.2 Å². The van der Waals surface area contributed by atoms with E-state index in [9.17, 15) is 9.59 Å². The molecule has 1 rings (SSSR count). The van der Waals surface area contributed by atoms with Crippen molar-refractivity contribution in [2.45, 2.75) is 19.9 Å². The molecule has 2 amide bonds. The van der Waals surface area contributed by atoms with Crippen molar-refractivity contribution in [2.24, 2.45) is 0 Å². The molecule has 1 aromatic rings. The molecule has 100 valence electrons. The number of aromatic nitrogens is 1. The van der Waals surface area contributed by atoms with Gasteiger partial charge in [0.25, 0.3) is 0 Å². The number of nitrogens with one attached hydrogen (secondary N) is 1. The van der Waals surface area contributed by atoms with Gasteiger partial charge in [0.2, 0.25) is 0 Å². The first kappa shape index (κ1) is 14.9. The number of hydrogen-bond acceptors (Lipinski definition) is 4. The lowest BCUT2D eigenvalue weighted by molar-refractivity contribution is -0.137. The van der Waals surface area contributed by atoms with Crippen LogP contribution in [0.5, 0.6) is 0 Å². The van der Waals surface area contributed by atoms with Gasteiger partial charge in [0.1, 0.15) is 5.01 Å². The summed E-state index contributed by atoms with van der Waals surface area (Å²) in [6, 6.07) is -0.305. The average Bonchev–Trinajstić information content (AvgIpc) is 2.62. The third-order valence-corrected chi connectivity index (χ3v) is 4.19. The highest BCUT2D eigenvalue weighted by molar-refractivity contribution is 9.11. The van der Waals surface area contributed by atoms with Crippen LogP contribution in [-0.2, 0) is 11.3 Å². The van der Waals surface area contributed by atoms with Crippen molar-refractivity contribution in [3.05, 3.63) is 14.5 Å². The Balaban J connectivity index is 2.38. The van der Waals surface area contributed by atoms with Gasteiger partial charge in [-0.05, 0) is 22.9 Å². The van der Waals surface area contributed by atoms with Crippen LogP contribution in [0.3, 0.4) is 0 Å². The third-order valence-electron chi connectivity index (χ3n) is 2.18. The maximum Gasteiger partial charge on any atom is 0.317 e. The van der Waals surface area contributed by atoms with Gasteiger partial charge in [-0.15, -0.1) is 11.3 Å². The predicted molar refractivity (Wildman–Crippen MR) is 71.7 cm³/mol. The average molecular weight is 336 g/mol. The van der Waals surface area contributed by atoms with Crippen LogP contribution >= 0.6 is 27.3 Å². The molecule has 0 unspecified atom stereocenters. The number of hydrogen-bond donors (Lipinski definition) is 2. The van der Waals surface area contributed by atoms with Crippen LogP contribution in [0.25, 0.3) is 0 Å². The Bertz CT molecular complexity index is 430. The minimum atomic E-state index is -0.922. The minimum Gasteiger partial charge on any atom is -0.481 e. The minimum absolute atomic E-state index is 0.0637. The van der Waals surface area contributed by atoms with E-state index in [4.69, 9.17) is 5.11 Å². The largest absolute Gasteiger partial charge is 0.481 e. The van der Waals surface area contributed by atoms with Crippen LogP contribution < -0.4 is 5.32 Å². The van der Waals surface area contributed by atoms with E-state index >= 15 is 0 Å². The number of carbonyl (C=O) groups is 2. The molecule has 0 aromatic carbocycles. The molecule has 1 aromatic heterocycles. The first-order chi connectivity index (χ1) is 8.40. The standard InChI is InChI=1S/C10H14BrN3O3S/c1-6-9(11)18-7(13-6)5-12-10(17)14(2)4-3-8(15)16/h3-5H2,1-2H3,(H,12,17)(H,15,16). The second-order valence-corrected chi connectivity index (χ2v) is 6.09. The van der Waals surface area contributed by atoms with E-state index in [2.05, 4.69) is 26.2 Å². The molecule has 0 spiro atoms. The summed E-state index contributed by atoms with van der Waals surface area (Å²) in [4.78, 5) is 27.6. The quantitative estimate of drug-likeness (QED) is 0.859. The second-order valence-electron chi connectivity index (χ2n) is 3.69. The number of thiazole rings is 1. The first-order valence-corrected chi connectivity index (χ1v) is 6.83. The summed E-state index contributed by atoms with van der Waals surface area (Å²) < 4.78 is 0.950. The predicted octanol–water partition coefficient (Wildman–Crippen LogP) is 1.83. The molecule has 0 bridgehead atoms. The topological polar surface area (TPSA) is 82.5 Å². The number of urea groups is 1. The lowest BCUT2D eigenvalue weighted by atomic mass is 10.4. The molecule has 8 heteroatoms. The van der Waals surface area contributed by atoms with E-state index in [1.165, 1.54) is 16.2 Å². The molecule has 0 aliphatic heterocycles. The van der Waals surface area contributed by atoms with Gasteiger partial charge in [0.05, 0.1) is 22.4 Å². The van der Waals surface area contributed by atoms with E-state index < -0.39 is 5.97 Å². The van der Waals surface area contributed by atoms with Crippen molar-refractivity contribution in [2.75, 3.05) is 13.6 Å². The number of carbonyl (C=O) groups excluding carboxylic acids is 1. The Morgan fingerprint density at radius 3 is 2.72 bits per heavy atom. The number of amides is 2. The molecule has 0 saturated carbocycles. The van der Waals surface area contributed by atoms with Gasteiger partial charge in [0, 0.05) is 13.6 Å². The van der Waals surface area contributed by atoms with E-state index in [1.54, 1.807) is 7.05 Å². The molecule has 0 aliphatic rings. The van der Waals surface area contributed by atoms with Crippen LogP contribution in [0.2, 0.25) is 0 Å². The van der Waals surface area contributed by atoms with Gasteiger partial charge in [-0.2, -0.15) is 0 Å². The number of rotatable bonds is 5. The van der Waals surface area contributed by atoms with Crippen LogP contribution in [0, 0.1) is 6.92 Å². The molecule has 0 radical (unpaired) electrons. The number of halogens is 1. The fraction of sp³-hybridized carbons (Fsp3) is 0.500. The van der Waals surface area contributed by atoms with Gasteiger partial charge >= 0.3 is 12.0 Å². The number of aryl methyl sites for hydroxylation is 1. The summed E-state index contributed by atoms with van der Waals surface area (Å²) >= 11 is 4.82. The Morgan fingerprint density at radius 2 is 2.22 bits per heavy atom. The molecule has 18 heavy (non-hydrogen) atoms. The van der Waals surface area contributed by atoms with Crippen molar-refractivity contribution in [3.8, 4) is 0 Å². The van der Waals surface area contributed by atoms with E-state index in [0.717, 1.165) is 14.5 Å². The normalized spacial score (nSPS) is 10.2. The number of carboxylic acid groups (broad SMARTS) is 1. The Morgan fingerprint density at radius 1 is 1.56 bits per heavy atom. The maximum atomic E-state index is 11.6. The third kappa shape index (κ3) is 4.61. The number of aliphatic carboxylic acids is 1. The van der Waals surface area contributed by atoms with Gasteiger partial charge in [-0.1, -0.05) is 0 Å². The van der Waals surface area contributed by atoms with Crippen molar-refractivity contribution in [1.29, 1.82) is 0 Å². The van der Waals surface area contributed by atoms with Gasteiger partial charge in [0.15, 0.2) is 0 Å². The van der Waals surface area contributed by atoms with E-state index in [1.807, 2.05) is 6.92 Å². The van der Waals surface area contributed by atoms with Crippen LogP contribution in [0.15, 0.2) is 3.79 Å². The highest BCUT2D eigenvalue weighted by Gasteiger charge is 2.11. The number of carboxylic acids is 1. The zero-order chi connectivity index (χ0) is 13.7. The summed E-state index contributed by atoms with van der Waals surface area (Å²) in [5, 5.41) is 12.0. The maximum absolute atomic E-state index is 11.6. The fourth-order valence-electron chi connectivity index (χ4n) is 1.16. The Hall–Kier alpha value is -1.15. The molecule has 0 fully saturated rings. The zero-order valence-electron chi connectivity index (χ0n) is 10.1. The van der Waals surface area contributed by atoms with E-state index in [0.29, 0.717) is 6.54 Å². The Labute approximate surface area is 117 Å². The molecule has 0 atom stereocenters. The highest BCUT2D eigenvalue weighted by atomic mass is 79.9. The Kier molecular flexibility index (Phi) is 5.54. The smallest absolute Gasteiger partial charge is 0.317 e. The first-order valence-electron chi connectivity index (χ1n) is 5.22. The summed E-state index contributed by atoms with van der Waals surface area (Å²) in [6.07, 6.45) is -0.0637. The molecule has 1 heterocycles. The molecular weight excluding hydrogens is 322 g/mol. The summed E-state index contributed by atoms with van der Waals surface area (Å²) in [5.41, 5.74) is 0.892. The van der Waals surface area contributed by atoms with E-state index in [-0.39, 0.29) is 19.0 Å². The zero-order valence-corrected chi connectivity index (χ0v) is 12.5. The highest BCUT2D eigenvalue weighted by Crippen LogP contribution is 2.23. The SMILES string of the molecule is Cc1nc(CNC(=O)N(C)CCC(=O)O)sc1Br. The van der Waals surface area contributed by atoms with Gasteiger partial charge < -0.3 is 15.3 Å². The molecule has 0 saturated heterocycles. The summed E-state index contributed by atoms with van der Waals surface area (Å²) in [5.74, 6) is -0.922. The molecule has 2 N–H and O–H groups in total. The van der Waals surface area contributed by atoms with Crippen LogP contribution in [-0.4, -0.2) is 40.6 Å². The van der Waals surface area contributed by atoms with Crippen LogP contribution in [0.4, 0.5) is 4.79 Å². The molecular formula is C10H14BrN3O3S. The summed E-state index contributed by atoms with van der Waals surface area (Å²) in [7, 11) is 1.56. The van der Waals surface area contributed by atoms with Gasteiger partial charge in [-0.3, -0.25) is 4.79 Å². The molecule has 6 nitrogen and oxygen atoms in total. The van der Waals surface area contributed by atoms with Crippen molar-refractivity contribution in [3.63, 3.8) is 0 Å². The lowest BCUT2D eigenvalue weighted by Crippen LogP contribution is -2.37. The van der Waals surface area contributed by atoms with Gasteiger partial charge in [-0.25, -0.2) is 9.78 Å².